The summed E-state index contributed by atoms with van der Waals surface area (Å²) < 4.78 is 10.6. The van der Waals surface area contributed by atoms with Crippen molar-refractivity contribution in [3.63, 3.8) is 0 Å². The van der Waals surface area contributed by atoms with Crippen LogP contribution < -0.4 is 5.32 Å². The number of carbonyl (C=O) groups is 1. The summed E-state index contributed by atoms with van der Waals surface area (Å²) in [4.78, 5) is 11.5. The fourth-order valence-corrected chi connectivity index (χ4v) is 1.88. The fraction of sp³-hybridized carbons (Fsp3) is 0.923. The van der Waals surface area contributed by atoms with Gasteiger partial charge in [0.05, 0.1) is 12.2 Å². The number of nitrogens with one attached hydrogen (secondary N) is 1. The van der Waals surface area contributed by atoms with Crippen LogP contribution in [-0.4, -0.2) is 37.9 Å². The average Bonchev–Trinajstić information content (AvgIpc) is 2.25. The number of carbonyl (C=O) groups excluding carboxylic acids is 1. The zero-order valence-corrected chi connectivity index (χ0v) is 11.3. The van der Waals surface area contributed by atoms with Crippen LogP contribution in [-0.2, 0) is 14.3 Å². The first-order chi connectivity index (χ1) is 7.97. The minimum atomic E-state index is -0.165. The Morgan fingerprint density at radius 1 is 1.24 bits per heavy atom. The van der Waals surface area contributed by atoms with Crippen molar-refractivity contribution in [1.29, 1.82) is 0 Å². The van der Waals surface area contributed by atoms with E-state index in [0.29, 0.717) is 25.6 Å². The van der Waals surface area contributed by atoms with E-state index in [4.69, 9.17) is 9.47 Å². The molecule has 1 N–H and O–H groups in total. The molecule has 0 bridgehead atoms. The van der Waals surface area contributed by atoms with E-state index in [2.05, 4.69) is 5.32 Å². The Bertz CT molecular complexity index is 229. The molecule has 0 atom stereocenters. The zero-order chi connectivity index (χ0) is 12.7. The Morgan fingerprint density at radius 2 is 1.88 bits per heavy atom. The van der Waals surface area contributed by atoms with Crippen LogP contribution in [0.15, 0.2) is 0 Å². The number of esters is 1. The van der Waals surface area contributed by atoms with E-state index in [1.54, 1.807) is 0 Å². The van der Waals surface area contributed by atoms with E-state index in [-0.39, 0.29) is 11.6 Å². The lowest BCUT2D eigenvalue weighted by atomic mass is 9.95. The maximum atomic E-state index is 11.5. The maximum Gasteiger partial charge on any atom is 0.306 e. The Kier molecular flexibility index (Phi) is 5.92. The normalized spacial score (nSPS) is 18.1. The molecule has 0 aromatic carbocycles. The average molecular weight is 243 g/mol. The van der Waals surface area contributed by atoms with Gasteiger partial charge in [0.15, 0.2) is 0 Å². The molecule has 1 heterocycles. The van der Waals surface area contributed by atoms with Gasteiger partial charge in [0.25, 0.3) is 0 Å². The molecular weight excluding hydrogens is 218 g/mol. The van der Waals surface area contributed by atoms with Gasteiger partial charge in [-0.25, -0.2) is 0 Å². The lowest BCUT2D eigenvalue weighted by molar-refractivity contribution is -0.148. The van der Waals surface area contributed by atoms with Crippen LogP contribution in [0.5, 0.6) is 0 Å². The highest BCUT2D eigenvalue weighted by Crippen LogP contribution is 2.16. The van der Waals surface area contributed by atoms with Gasteiger partial charge in [0.2, 0.25) is 0 Å². The third kappa shape index (κ3) is 7.34. The zero-order valence-electron chi connectivity index (χ0n) is 11.3. The molecule has 100 valence electrons. The highest BCUT2D eigenvalue weighted by Gasteiger charge is 2.17. The topological polar surface area (TPSA) is 47.6 Å². The molecule has 0 aliphatic carbocycles. The molecule has 0 radical (unpaired) electrons. The largest absolute Gasteiger partial charge is 0.463 e. The Morgan fingerprint density at radius 3 is 2.47 bits per heavy atom. The minimum Gasteiger partial charge on any atom is -0.463 e. The number of piperidine rings is 1. The van der Waals surface area contributed by atoms with E-state index in [1.807, 2.05) is 20.8 Å². The van der Waals surface area contributed by atoms with Crippen molar-refractivity contribution in [3.8, 4) is 0 Å². The fourth-order valence-electron chi connectivity index (χ4n) is 1.88. The van der Waals surface area contributed by atoms with E-state index in [0.717, 1.165) is 25.9 Å². The van der Waals surface area contributed by atoms with Gasteiger partial charge in [-0.3, -0.25) is 4.79 Å². The molecule has 0 spiro atoms. The second-order valence-corrected chi connectivity index (χ2v) is 5.58. The van der Waals surface area contributed by atoms with Crippen molar-refractivity contribution < 1.29 is 14.3 Å². The molecule has 4 nitrogen and oxygen atoms in total. The van der Waals surface area contributed by atoms with Gasteiger partial charge < -0.3 is 14.8 Å². The molecule has 0 saturated carbocycles. The SMILES string of the molecule is CC(C)(C)OCCOC(=O)CC1CCNCC1. The second-order valence-electron chi connectivity index (χ2n) is 5.58. The van der Waals surface area contributed by atoms with Crippen LogP contribution in [0.25, 0.3) is 0 Å². The maximum absolute atomic E-state index is 11.5. The standard InChI is InChI=1S/C13H25NO3/c1-13(2,3)17-9-8-16-12(15)10-11-4-6-14-7-5-11/h11,14H,4-10H2,1-3H3. The predicted octanol–water partition coefficient (Wildman–Crippen LogP) is 1.73. The number of ether oxygens (including phenoxy) is 2. The van der Waals surface area contributed by atoms with Crippen molar-refractivity contribution >= 4 is 5.97 Å². The molecule has 0 amide bonds. The van der Waals surface area contributed by atoms with E-state index in [9.17, 15) is 4.79 Å². The Hall–Kier alpha value is -0.610. The monoisotopic (exact) mass is 243 g/mol. The van der Waals surface area contributed by atoms with Gasteiger partial charge in [0.1, 0.15) is 6.61 Å². The second kappa shape index (κ2) is 6.97. The van der Waals surface area contributed by atoms with Crippen LogP contribution in [0.2, 0.25) is 0 Å². The quantitative estimate of drug-likeness (QED) is 0.590. The Labute approximate surface area is 104 Å². The number of rotatable bonds is 5. The van der Waals surface area contributed by atoms with Crippen LogP contribution in [0, 0.1) is 5.92 Å². The van der Waals surface area contributed by atoms with Gasteiger partial charge in [0, 0.05) is 6.42 Å². The lowest BCUT2D eigenvalue weighted by Gasteiger charge is -2.22. The number of hydrogen-bond donors (Lipinski definition) is 1. The van der Waals surface area contributed by atoms with Crippen LogP contribution in [0.3, 0.4) is 0 Å². The summed E-state index contributed by atoms with van der Waals surface area (Å²) in [7, 11) is 0. The molecule has 17 heavy (non-hydrogen) atoms. The molecule has 0 unspecified atom stereocenters. The molecule has 1 rings (SSSR count). The summed E-state index contributed by atoms with van der Waals surface area (Å²) in [5, 5.41) is 3.28. The molecule has 0 aromatic rings. The van der Waals surface area contributed by atoms with Gasteiger partial charge in [-0.1, -0.05) is 0 Å². The van der Waals surface area contributed by atoms with Gasteiger partial charge in [-0.2, -0.15) is 0 Å². The van der Waals surface area contributed by atoms with Crippen molar-refractivity contribution in [3.05, 3.63) is 0 Å². The first-order valence-electron chi connectivity index (χ1n) is 6.48. The van der Waals surface area contributed by atoms with Crippen molar-refractivity contribution in [1.82, 2.24) is 5.32 Å². The summed E-state index contributed by atoms with van der Waals surface area (Å²) in [5.74, 6) is 0.404. The third-order valence-corrected chi connectivity index (χ3v) is 2.80. The van der Waals surface area contributed by atoms with Crippen LogP contribution in [0.1, 0.15) is 40.0 Å². The molecule has 1 aliphatic heterocycles. The van der Waals surface area contributed by atoms with Gasteiger partial charge >= 0.3 is 5.97 Å². The van der Waals surface area contributed by atoms with E-state index < -0.39 is 0 Å². The first kappa shape index (κ1) is 14.5. The smallest absolute Gasteiger partial charge is 0.306 e. The predicted molar refractivity (Wildman–Crippen MR) is 66.9 cm³/mol. The summed E-state index contributed by atoms with van der Waals surface area (Å²) >= 11 is 0. The minimum absolute atomic E-state index is 0.0885. The third-order valence-electron chi connectivity index (χ3n) is 2.80. The first-order valence-corrected chi connectivity index (χ1v) is 6.48. The highest BCUT2D eigenvalue weighted by molar-refractivity contribution is 5.69. The number of hydrogen-bond acceptors (Lipinski definition) is 4. The molecule has 1 aliphatic rings. The molecule has 0 aromatic heterocycles. The van der Waals surface area contributed by atoms with E-state index >= 15 is 0 Å². The van der Waals surface area contributed by atoms with Crippen LogP contribution in [0.4, 0.5) is 0 Å². The molecule has 4 heteroatoms. The summed E-state index contributed by atoms with van der Waals surface area (Å²) in [6.07, 6.45) is 2.71. The van der Waals surface area contributed by atoms with Gasteiger partial charge in [-0.15, -0.1) is 0 Å². The summed E-state index contributed by atoms with van der Waals surface area (Å²) in [5.41, 5.74) is -0.165. The molecule has 1 saturated heterocycles. The lowest BCUT2D eigenvalue weighted by Crippen LogP contribution is -2.29. The Balaban J connectivity index is 2.04. The summed E-state index contributed by atoms with van der Waals surface area (Å²) in [6, 6.07) is 0. The van der Waals surface area contributed by atoms with Crippen molar-refractivity contribution in [2.75, 3.05) is 26.3 Å². The van der Waals surface area contributed by atoms with Crippen molar-refractivity contribution in [2.24, 2.45) is 5.92 Å². The van der Waals surface area contributed by atoms with Crippen molar-refractivity contribution in [2.45, 2.75) is 45.6 Å². The van der Waals surface area contributed by atoms with E-state index in [1.165, 1.54) is 0 Å². The van der Waals surface area contributed by atoms with Gasteiger partial charge in [-0.05, 0) is 52.6 Å². The molecular formula is C13H25NO3. The highest BCUT2D eigenvalue weighted by atomic mass is 16.6. The summed E-state index contributed by atoms with van der Waals surface area (Å²) in [6.45, 7) is 8.84. The molecule has 1 fully saturated rings. The van der Waals surface area contributed by atoms with Crippen LogP contribution >= 0.6 is 0 Å².